The molecule has 0 saturated carbocycles. The topological polar surface area (TPSA) is 146 Å². The second kappa shape index (κ2) is 11.1. The fourth-order valence-corrected chi connectivity index (χ4v) is 5.98. The Balaban J connectivity index is 1.49. The largest absolute Gasteiger partial charge is 0.481 e. The number of halogens is 1. The number of fused-ring (bicyclic) bond motifs is 2. The summed E-state index contributed by atoms with van der Waals surface area (Å²) in [7, 11) is 0. The lowest BCUT2D eigenvalue weighted by Crippen LogP contribution is -2.37. The number of hydrogen-bond donors (Lipinski definition) is 2. The lowest BCUT2D eigenvalue weighted by atomic mass is 9.97. The van der Waals surface area contributed by atoms with Crippen LogP contribution in [0.15, 0.2) is 42.6 Å². The fraction of sp³-hybridized carbons (Fsp3) is 0.333. The van der Waals surface area contributed by atoms with E-state index < -0.39 is 17.9 Å². The number of ketones is 1. The molecule has 0 unspecified atom stereocenters. The van der Waals surface area contributed by atoms with Crippen LogP contribution in [0.4, 0.5) is 11.5 Å². The summed E-state index contributed by atoms with van der Waals surface area (Å²) in [5.41, 5.74) is 2.34. The van der Waals surface area contributed by atoms with Gasteiger partial charge in [0.25, 0.3) is 0 Å². The molecule has 11 nitrogen and oxygen atoms in total. The molecule has 2 aromatic heterocycles. The van der Waals surface area contributed by atoms with E-state index in [-0.39, 0.29) is 24.5 Å². The van der Waals surface area contributed by atoms with Gasteiger partial charge in [-0.2, -0.15) is 4.98 Å². The van der Waals surface area contributed by atoms with E-state index in [0.29, 0.717) is 77.7 Å². The quantitative estimate of drug-likeness (QED) is 0.279. The number of hydrogen-bond acceptors (Lipinski definition) is 7. The number of aliphatic carboxylic acids is 2. The van der Waals surface area contributed by atoms with E-state index in [9.17, 15) is 24.3 Å². The van der Waals surface area contributed by atoms with Crippen LogP contribution in [0.5, 0.6) is 0 Å². The van der Waals surface area contributed by atoms with Gasteiger partial charge in [0.2, 0.25) is 11.9 Å². The highest BCUT2D eigenvalue weighted by molar-refractivity contribution is 6.31. The second-order valence-corrected chi connectivity index (χ2v) is 11.1. The number of carboxylic acid groups (broad SMARTS) is 2. The minimum absolute atomic E-state index is 0.0632. The Morgan fingerprint density at radius 3 is 2.43 bits per heavy atom. The molecule has 4 aromatic rings. The Morgan fingerprint density at radius 2 is 1.74 bits per heavy atom. The molecular formula is C30H28ClN5O6. The average molecular weight is 590 g/mol. The highest BCUT2D eigenvalue weighted by atomic mass is 35.5. The van der Waals surface area contributed by atoms with Crippen LogP contribution in [0.3, 0.4) is 0 Å². The zero-order chi connectivity index (χ0) is 29.5. The van der Waals surface area contributed by atoms with Gasteiger partial charge in [0, 0.05) is 65.7 Å². The Hall–Kier alpha value is -4.51. The fourth-order valence-electron chi connectivity index (χ4n) is 5.81. The van der Waals surface area contributed by atoms with Crippen molar-refractivity contribution in [1.82, 2.24) is 14.5 Å². The summed E-state index contributed by atoms with van der Waals surface area (Å²) >= 11 is 6.27. The highest BCUT2D eigenvalue weighted by Crippen LogP contribution is 2.35. The van der Waals surface area contributed by atoms with Gasteiger partial charge in [-0.15, -0.1) is 0 Å². The van der Waals surface area contributed by atoms with Gasteiger partial charge in [-0.05, 0) is 55.7 Å². The van der Waals surface area contributed by atoms with Crippen molar-refractivity contribution in [2.24, 2.45) is 5.92 Å². The van der Waals surface area contributed by atoms with Gasteiger partial charge in [-0.1, -0.05) is 11.6 Å². The summed E-state index contributed by atoms with van der Waals surface area (Å²) in [5.74, 6) is -1.66. The zero-order valence-corrected chi connectivity index (χ0v) is 23.4. The van der Waals surface area contributed by atoms with Crippen LogP contribution in [-0.4, -0.2) is 68.0 Å². The van der Waals surface area contributed by atoms with Crippen LogP contribution in [0.25, 0.3) is 27.8 Å². The van der Waals surface area contributed by atoms with Gasteiger partial charge in [0.1, 0.15) is 5.82 Å². The third kappa shape index (κ3) is 5.16. The van der Waals surface area contributed by atoms with Crippen molar-refractivity contribution in [3.63, 3.8) is 0 Å². The summed E-state index contributed by atoms with van der Waals surface area (Å²) < 4.78 is 1.70. The molecule has 0 atom stereocenters. The number of amides is 1. The Morgan fingerprint density at radius 1 is 0.952 bits per heavy atom. The number of Topliss-reactive ketones (excluding diaryl/α,β-unsaturated/α-hetero) is 1. The first-order chi connectivity index (χ1) is 20.2. The van der Waals surface area contributed by atoms with Crippen LogP contribution >= 0.6 is 11.6 Å². The highest BCUT2D eigenvalue weighted by Gasteiger charge is 2.28. The number of carbonyl (C=O) groups is 4. The van der Waals surface area contributed by atoms with Gasteiger partial charge in [0.05, 0.1) is 23.4 Å². The molecule has 0 radical (unpaired) electrons. The molecule has 2 aromatic carbocycles. The Kier molecular flexibility index (Phi) is 7.28. The number of rotatable bonds is 8. The molecule has 216 valence electrons. The number of carbonyl (C=O) groups excluding carboxylic acids is 2. The smallest absolute Gasteiger partial charge is 0.306 e. The molecule has 4 heterocycles. The molecule has 0 spiro atoms. The number of benzene rings is 2. The summed E-state index contributed by atoms with van der Waals surface area (Å²) in [5, 5.41) is 20.4. The minimum atomic E-state index is -1.06. The SMILES string of the molecule is O=C(O)CCC(=O)c1cn(-c2nc(N3CCC(C(=O)O)CC3)c3cc(N4CCCC4=O)ccc3n2)c2ccc(Cl)cc12. The van der Waals surface area contributed by atoms with E-state index in [0.717, 1.165) is 17.5 Å². The van der Waals surface area contributed by atoms with E-state index in [2.05, 4.69) is 0 Å². The predicted molar refractivity (Wildman–Crippen MR) is 157 cm³/mol. The van der Waals surface area contributed by atoms with Crippen molar-refractivity contribution in [2.45, 2.75) is 38.5 Å². The Bertz CT molecular complexity index is 1760. The average Bonchev–Trinajstić information content (AvgIpc) is 3.58. The van der Waals surface area contributed by atoms with E-state index >= 15 is 0 Å². The van der Waals surface area contributed by atoms with Gasteiger partial charge < -0.3 is 20.0 Å². The van der Waals surface area contributed by atoms with E-state index in [1.54, 1.807) is 33.9 Å². The molecule has 2 saturated heterocycles. The molecule has 2 aliphatic heterocycles. The Labute approximate surface area is 245 Å². The van der Waals surface area contributed by atoms with E-state index in [1.807, 2.05) is 23.1 Å². The molecule has 1 amide bonds. The minimum Gasteiger partial charge on any atom is -0.481 e. The first kappa shape index (κ1) is 27.6. The maximum Gasteiger partial charge on any atom is 0.306 e. The first-order valence-corrected chi connectivity index (χ1v) is 14.2. The van der Waals surface area contributed by atoms with Crippen molar-refractivity contribution < 1.29 is 29.4 Å². The van der Waals surface area contributed by atoms with Crippen molar-refractivity contribution in [1.29, 1.82) is 0 Å². The molecule has 2 N–H and O–H groups in total. The summed E-state index contributed by atoms with van der Waals surface area (Å²) in [6.45, 7) is 1.60. The molecule has 2 aliphatic rings. The number of aromatic nitrogens is 3. The van der Waals surface area contributed by atoms with Crippen LogP contribution in [0, 0.1) is 5.92 Å². The molecule has 2 fully saturated rings. The zero-order valence-electron chi connectivity index (χ0n) is 22.6. The van der Waals surface area contributed by atoms with Crippen molar-refractivity contribution in [3.05, 3.63) is 53.2 Å². The summed E-state index contributed by atoms with van der Waals surface area (Å²) in [4.78, 5) is 61.9. The molecule has 42 heavy (non-hydrogen) atoms. The molecule has 12 heteroatoms. The maximum absolute atomic E-state index is 13.1. The van der Waals surface area contributed by atoms with Gasteiger partial charge in [-0.25, -0.2) is 4.98 Å². The number of anilines is 2. The molecule has 0 bridgehead atoms. The first-order valence-electron chi connectivity index (χ1n) is 13.9. The summed E-state index contributed by atoms with van der Waals surface area (Å²) in [6.07, 6.45) is 3.38. The lowest BCUT2D eigenvalue weighted by molar-refractivity contribution is -0.142. The monoisotopic (exact) mass is 589 g/mol. The lowest BCUT2D eigenvalue weighted by Gasteiger charge is -2.32. The normalized spacial score (nSPS) is 16.1. The van der Waals surface area contributed by atoms with Crippen molar-refractivity contribution in [3.8, 4) is 5.95 Å². The number of nitrogens with zero attached hydrogens (tertiary/aromatic N) is 5. The van der Waals surface area contributed by atoms with Crippen molar-refractivity contribution >= 4 is 68.5 Å². The van der Waals surface area contributed by atoms with Crippen LogP contribution in [0.2, 0.25) is 5.02 Å². The maximum atomic E-state index is 13.1. The molecule has 0 aliphatic carbocycles. The van der Waals surface area contributed by atoms with Crippen molar-refractivity contribution in [2.75, 3.05) is 29.4 Å². The van der Waals surface area contributed by atoms with Gasteiger partial charge in [-0.3, -0.25) is 23.7 Å². The van der Waals surface area contributed by atoms with Crippen LogP contribution in [0.1, 0.15) is 48.9 Å². The van der Waals surface area contributed by atoms with Crippen LogP contribution < -0.4 is 9.80 Å². The predicted octanol–water partition coefficient (Wildman–Crippen LogP) is 4.70. The molecular weight excluding hydrogens is 562 g/mol. The van der Waals surface area contributed by atoms with E-state index in [1.165, 1.54) is 0 Å². The number of piperidine rings is 1. The standard InChI is InChI=1S/C30H28ClN5O6/c31-18-3-6-24-20(14-18)22(25(37)7-8-27(39)40)16-36(24)30-32-23-5-4-19(35-11-1-2-26(35)38)15-21(23)28(33-30)34-12-9-17(10-13-34)29(41)42/h3-6,14-17H,1-2,7-13H2,(H,39,40)(H,41,42). The van der Waals surface area contributed by atoms with Gasteiger partial charge >= 0.3 is 11.9 Å². The number of carboxylic acids is 2. The molecule has 6 rings (SSSR count). The van der Waals surface area contributed by atoms with E-state index in [4.69, 9.17) is 26.7 Å². The van der Waals surface area contributed by atoms with Crippen LogP contribution in [-0.2, 0) is 14.4 Å². The summed E-state index contributed by atoms with van der Waals surface area (Å²) in [6, 6.07) is 10.7. The van der Waals surface area contributed by atoms with Gasteiger partial charge in [0.15, 0.2) is 5.78 Å². The third-order valence-electron chi connectivity index (χ3n) is 8.02. The third-order valence-corrected chi connectivity index (χ3v) is 8.26. The second-order valence-electron chi connectivity index (χ2n) is 10.7.